The summed E-state index contributed by atoms with van der Waals surface area (Å²) in [4.78, 5) is 0. The van der Waals surface area contributed by atoms with Gasteiger partial charge in [0.1, 0.15) is 11.6 Å². The average molecular weight is 251 g/mol. The van der Waals surface area contributed by atoms with Gasteiger partial charge in [0.2, 0.25) is 0 Å². The van der Waals surface area contributed by atoms with Gasteiger partial charge in [0.15, 0.2) is 0 Å². The van der Waals surface area contributed by atoms with Crippen LogP contribution in [0.2, 0.25) is 0 Å². The van der Waals surface area contributed by atoms with E-state index >= 15 is 0 Å². The number of benzene rings is 1. The lowest BCUT2D eigenvalue weighted by Gasteiger charge is -2.22. The van der Waals surface area contributed by atoms with E-state index in [0.29, 0.717) is 23.6 Å². The van der Waals surface area contributed by atoms with Crippen LogP contribution in [0.25, 0.3) is 0 Å². The summed E-state index contributed by atoms with van der Waals surface area (Å²) in [5.41, 5.74) is 0.837. The van der Waals surface area contributed by atoms with Gasteiger partial charge in [0.25, 0.3) is 0 Å². The van der Waals surface area contributed by atoms with Crippen LogP contribution < -0.4 is 10.1 Å². The van der Waals surface area contributed by atoms with Crippen molar-refractivity contribution < 1.29 is 9.13 Å². The van der Waals surface area contributed by atoms with Crippen molar-refractivity contribution >= 4 is 0 Å². The molecular formula is C15H22FNO. The van der Waals surface area contributed by atoms with Crippen molar-refractivity contribution in [3.63, 3.8) is 0 Å². The lowest BCUT2D eigenvalue weighted by Crippen LogP contribution is -2.32. The Morgan fingerprint density at radius 1 is 1.39 bits per heavy atom. The van der Waals surface area contributed by atoms with Crippen molar-refractivity contribution in [2.45, 2.75) is 38.6 Å². The monoisotopic (exact) mass is 251 g/mol. The van der Waals surface area contributed by atoms with Gasteiger partial charge in [-0.05, 0) is 42.9 Å². The van der Waals surface area contributed by atoms with Gasteiger partial charge < -0.3 is 10.1 Å². The zero-order valence-corrected chi connectivity index (χ0v) is 11.4. The normalized spacial score (nSPS) is 27.4. The topological polar surface area (TPSA) is 21.3 Å². The van der Waals surface area contributed by atoms with E-state index in [4.69, 9.17) is 4.74 Å². The van der Waals surface area contributed by atoms with Crippen LogP contribution in [-0.2, 0) is 0 Å². The molecule has 2 nitrogen and oxygen atoms in total. The van der Waals surface area contributed by atoms with Crippen LogP contribution in [0.4, 0.5) is 4.39 Å². The van der Waals surface area contributed by atoms with Gasteiger partial charge in [-0.3, -0.25) is 0 Å². The molecule has 3 atom stereocenters. The summed E-state index contributed by atoms with van der Waals surface area (Å²) in [5, 5.41) is 3.49. The van der Waals surface area contributed by atoms with E-state index in [1.807, 2.05) is 12.1 Å². The Balaban J connectivity index is 2.17. The van der Waals surface area contributed by atoms with Gasteiger partial charge in [-0.2, -0.15) is 0 Å². The van der Waals surface area contributed by atoms with E-state index in [2.05, 4.69) is 19.2 Å². The molecule has 3 unspecified atom stereocenters. The fourth-order valence-corrected chi connectivity index (χ4v) is 3.09. The first-order chi connectivity index (χ1) is 8.67. The summed E-state index contributed by atoms with van der Waals surface area (Å²) in [5.74, 6) is 1.25. The van der Waals surface area contributed by atoms with Crippen LogP contribution in [0.1, 0.15) is 38.2 Å². The molecule has 0 aromatic heterocycles. The number of rotatable bonds is 4. The molecule has 1 fully saturated rings. The summed E-state index contributed by atoms with van der Waals surface area (Å²) in [7, 11) is 1.56. The molecule has 1 saturated carbocycles. The third-order valence-corrected chi connectivity index (χ3v) is 4.13. The summed E-state index contributed by atoms with van der Waals surface area (Å²) < 4.78 is 19.1. The first-order valence-corrected chi connectivity index (χ1v) is 6.74. The summed E-state index contributed by atoms with van der Waals surface area (Å²) in [6.07, 6.45) is 2.19. The van der Waals surface area contributed by atoms with Crippen LogP contribution in [-0.4, -0.2) is 19.7 Å². The molecule has 0 aliphatic heterocycles. The highest BCUT2D eigenvalue weighted by Gasteiger charge is 2.34. The third kappa shape index (κ3) is 2.51. The standard InChI is InChI=1S/C15H22FNO/c1-4-17-15-8-7-12(10(15)2)13-6-5-11(18-3)9-14(13)16/h5-6,9-10,12,15,17H,4,7-8H2,1-3H3. The molecule has 0 bridgehead atoms. The van der Waals surface area contributed by atoms with E-state index in [-0.39, 0.29) is 5.82 Å². The molecule has 1 N–H and O–H groups in total. The molecule has 0 amide bonds. The number of ether oxygens (including phenoxy) is 1. The van der Waals surface area contributed by atoms with Crippen LogP contribution >= 0.6 is 0 Å². The van der Waals surface area contributed by atoms with Crippen molar-refractivity contribution in [3.8, 4) is 5.75 Å². The van der Waals surface area contributed by atoms with Gasteiger partial charge in [-0.1, -0.05) is 19.9 Å². The van der Waals surface area contributed by atoms with Gasteiger partial charge in [-0.15, -0.1) is 0 Å². The predicted octanol–water partition coefficient (Wildman–Crippen LogP) is 3.33. The molecule has 1 aliphatic carbocycles. The highest BCUT2D eigenvalue weighted by Crippen LogP contribution is 2.41. The van der Waals surface area contributed by atoms with E-state index in [0.717, 1.165) is 24.9 Å². The molecule has 0 spiro atoms. The summed E-state index contributed by atoms with van der Waals surface area (Å²) >= 11 is 0. The van der Waals surface area contributed by atoms with Crippen LogP contribution in [0.15, 0.2) is 18.2 Å². The third-order valence-electron chi connectivity index (χ3n) is 4.13. The molecule has 1 aromatic rings. The average Bonchev–Trinajstić information content (AvgIpc) is 2.72. The Labute approximate surface area is 109 Å². The minimum absolute atomic E-state index is 0.136. The first-order valence-electron chi connectivity index (χ1n) is 6.74. The molecule has 100 valence electrons. The number of nitrogens with one attached hydrogen (secondary N) is 1. The maximum atomic E-state index is 14.1. The molecule has 2 rings (SSSR count). The fourth-order valence-electron chi connectivity index (χ4n) is 3.09. The zero-order chi connectivity index (χ0) is 13.1. The van der Waals surface area contributed by atoms with Gasteiger partial charge in [-0.25, -0.2) is 4.39 Å². The Morgan fingerprint density at radius 2 is 2.17 bits per heavy atom. The molecular weight excluding hydrogens is 229 g/mol. The van der Waals surface area contributed by atoms with Crippen molar-refractivity contribution in [1.29, 1.82) is 0 Å². The lowest BCUT2D eigenvalue weighted by molar-refractivity contribution is 0.398. The molecule has 18 heavy (non-hydrogen) atoms. The number of hydrogen-bond acceptors (Lipinski definition) is 2. The van der Waals surface area contributed by atoms with Gasteiger partial charge >= 0.3 is 0 Å². The van der Waals surface area contributed by atoms with E-state index in [9.17, 15) is 4.39 Å². The maximum Gasteiger partial charge on any atom is 0.130 e. The minimum Gasteiger partial charge on any atom is -0.497 e. The maximum absolute atomic E-state index is 14.1. The van der Waals surface area contributed by atoms with Crippen molar-refractivity contribution in [2.75, 3.05) is 13.7 Å². The summed E-state index contributed by atoms with van der Waals surface area (Å²) in [6, 6.07) is 5.74. The molecule has 0 heterocycles. The highest BCUT2D eigenvalue weighted by atomic mass is 19.1. The Bertz CT molecular complexity index is 407. The van der Waals surface area contributed by atoms with Crippen LogP contribution in [0.5, 0.6) is 5.75 Å². The molecule has 1 aromatic carbocycles. The largest absolute Gasteiger partial charge is 0.497 e. The molecule has 0 radical (unpaired) electrons. The SMILES string of the molecule is CCNC1CCC(c2ccc(OC)cc2F)C1C. The van der Waals surface area contributed by atoms with Crippen molar-refractivity contribution in [2.24, 2.45) is 5.92 Å². The molecule has 1 aliphatic rings. The Hall–Kier alpha value is -1.09. The highest BCUT2D eigenvalue weighted by molar-refractivity contribution is 5.32. The fraction of sp³-hybridized carbons (Fsp3) is 0.600. The molecule has 3 heteroatoms. The van der Waals surface area contributed by atoms with Crippen molar-refractivity contribution in [3.05, 3.63) is 29.6 Å². The number of halogens is 1. The first kappa shape index (κ1) is 13.3. The number of methoxy groups -OCH3 is 1. The second-order valence-corrected chi connectivity index (χ2v) is 5.09. The van der Waals surface area contributed by atoms with Crippen LogP contribution in [0.3, 0.4) is 0 Å². The Kier molecular flexibility index (Phi) is 4.23. The number of hydrogen-bond donors (Lipinski definition) is 1. The van der Waals surface area contributed by atoms with Gasteiger partial charge in [0.05, 0.1) is 7.11 Å². The second kappa shape index (κ2) is 5.70. The van der Waals surface area contributed by atoms with E-state index in [1.54, 1.807) is 7.11 Å². The van der Waals surface area contributed by atoms with Gasteiger partial charge in [0, 0.05) is 12.1 Å². The van der Waals surface area contributed by atoms with Crippen LogP contribution in [0, 0.1) is 11.7 Å². The second-order valence-electron chi connectivity index (χ2n) is 5.09. The van der Waals surface area contributed by atoms with Crippen molar-refractivity contribution in [1.82, 2.24) is 5.32 Å². The zero-order valence-electron chi connectivity index (χ0n) is 11.4. The summed E-state index contributed by atoms with van der Waals surface area (Å²) in [6.45, 7) is 5.31. The smallest absolute Gasteiger partial charge is 0.130 e. The molecule has 0 saturated heterocycles. The van der Waals surface area contributed by atoms with E-state index in [1.165, 1.54) is 6.07 Å². The quantitative estimate of drug-likeness (QED) is 0.886. The lowest BCUT2D eigenvalue weighted by atomic mass is 9.88. The predicted molar refractivity (Wildman–Crippen MR) is 71.6 cm³/mol. The van der Waals surface area contributed by atoms with E-state index < -0.39 is 0 Å². The Morgan fingerprint density at radius 3 is 2.78 bits per heavy atom. The minimum atomic E-state index is -0.136.